The molecule has 0 radical (unpaired) electrons. The van der Waals surface area contributed by atoms with Crippen LogP contribution < -0.4 is 11.1 Å². The summed E-state index contributed by atoms with van der Waals surface area (Å²) in [7, 11) is 0. The SMILES string of the molecule is C[C@@H](CN)NC(=O)c1cnn(Cc2ccccc2)c1.Cl. The maximum absolute atomic E-state index is 11.9. The molecule has 1 atom stereocenters. The Kier molecular flexibility index (Phi) is 6.21. The summed E-state index contributed by atoms with van der Waals surface area (Å²) in [5.41, 5.74) is 7.17. The van der Waals surface area contributed by atoms with Gasteiger partial charge in [0.2, 0.25) is 0 Å². The number of hydrogen-bond acceptors (Lipinski definition) is 3. The molecule has 2 rings (SSSR count). The Morgan fingerprint density at radius 3 is 2.75 bits per heavy atom. The first-order chi connectivity index (χ1) is 9.19. The molecule has 1 aromatic heterocycles. The van der Waals surface area contributed by atoms with Crippen molar-refractivity contribution in [3.05, 3.63) is 53.9 Å². The molecule has 0 saturated heterocycles. The maximum Gasteiger partial charge on any atom is 0.254 e. The van der Waals surface area contributed by atoms with Crippen LogP contribution in [0.2, 0.25) is 0 Å². The van der Waals surface area contributed by atoms with Gasteiger partial charge in [-0.25, -0.2) is 0 Å². The number of aromatic nitrogens is 2. The normalized spacial score (nSPS) is 11.5. The first kappa shape index (κ1) is 16.2. The molecule has 0 unspecified atom stereocenters. The molecule has 2 aromatic rings. The van der Waals surface area contributed by atoms with Gasteiger partial charge in [-0.2, -0.15) is 5.10 Å². The van der Waals surface area contributed by atoms with E-state index in [1.54, 1.807) is 17.1 Å². The molecule has 0 aliphatic carbocycles. The van der Waals surface area contributed by atoms with Gasteiger partial charge >= 0.3 is 0 Å². The summed E-state index contributed by atoms with van der Waals surface area (Å²) >= 11 is 0. The summed E-state index contributed by atoms with van der Waals surface area (Å²) in [6.07, 6.45) is 3.31. The van der Waals surface area contributed by atoms with Crippen molar-refractivity contribution in [2.24, 2.45) is 5.73 Å². The first-order valence-electron chi connectivity index (χ1n) is 6.26. The fraction of sp³-hybridized carbons (Fsp3) is 0.286. The third-order valence-corrected chi connectivity index (χ3v) is 2.81. The smallest absolute Gasteiger partial charge is 0.254 e. The molecular weight excluding hydrogens is 276 g/mol. The standard InChI is InChI=1S/C14H18N4O.ClH/c1-11(7-15)17-14(19)13-8-16-18(10-13)9-12-5-3-2-4-6-12;/h2-6,8,10-11H,7,9,15H2,1H3,(H,17,19);1H/t11-;/m0./s1. The number of benzene rings is 1. The number of carbonyl (C=O) groups is 1. The zero-order valence-electron chi connectivity index (χ0n) is 11.3. The summed E-state index contributed by atoms with van der Waals surface area (Å²) in [5.74, 6) is -0.141. The van der Waals surface area contributed by atoms with Crippen LogP contribution in [0.1, 0.15) is 22.8 Å². The summed E-state index contributed by atoms with van der Waals surface area (Å²) in [6.45, 7) is 2.94. The molecule has 0 saturated carbocycles. The number of halogens is 1. The predicted molar refractivity (Wildman–Crippen MR) is 81.0 cm³/mol. The van der Waals surface area contributed by atoms with Gasteiger partial charge in [0.05, 0.1) is 18.3 Å². The van der Waals surface area contributed by atoms with Crippen LogP contribution in [0.5, 0.6) is 0 Å². The minimum atomic E-state index is -0.141. The highest BCUT2D eigenvalue weighted by Gasteiger charge is 2.10. The molecule has 3 N–H and O–H groups in total. The topological polar surface area (TPSA) is 72.9 Å². The van der Waals surface area contributed by atoms with Gasteiger partial charge in [0.15, 0.2) is 0 Å². The van der Waals surface area contributed by atoms with Crippen LogP contribution in [-0.2, 0) is 6.54 Å². The molecule has 0 bridgehead atoms. The van der Waals surface area contributed by atoms with Crippen molar-refractivity contribution in [2.75, 3.05) is 6.54 Å². The number of nitrogens with zero attached hydrogens (tertiary/aromatic N) is 2. The molecule has 1 amide bonds. The fourth-order valence-corrected chi connectivity index (χ4v) is 1.70. The minimum absolute atomic E-state index is 0. The second-order valence-electron chi connectivity index (χ2n) is 4.52. The molecule has 0 aliphatic heterocycles. The van der Waals surface area contributed by atoms with Crippen molar-refractivity contribution >= 4 is 18.3 Å². The molecular formula is C14H19ClN4O. The summed E-state index contributed by atoms with van der Waals surface area (Å²) in [5, 5.41) is 7.00. The van der Waals surface area contributed by atoms with Gasteiger partial charge in [0, 0.05) is 18.8 Å². The quantitative estimate of drug-likeness (QED) is 0.876. The number of carbonyl (C=O) groups excluding carboxylic acids is 1. The largest absolute Gasteiger partial charge is 0.348 e. The predicted octanol–water partition coefficient (Wildman–Crippen LogP) is 1.43. The molecule has 6 heteroatoms. The minimum Gasteiger partial charge on any atom is -0.348 e. The van der Waals surface area contributed by atoms with Gasteiger partial charge in [0.25, 0.3) is 5.91 Å². The Morgan fingerprint density at radius 1 is 1.40 bits per heavy atom. The third kappa shape index (κ3) is 4.36. The van der Waals surface area contributed by atoms with Crippen LogP contribution in [0.3, 0.4) is 0 Å². The van der Waals surface area contributed by atoms with E-state index in [-0.39, 0.29) is 24.4 Å². The van der Waals surface area contributed by atoms with E-state index in [0.717, 1.165) is 5.56 Å². The average Bonchev–Trinajstić information content (AvgIpc) is 2.88. The Hall–Kier alpha value is -1.85. The summed E-state index contributed by atoms with van der Waals surface area (Å²) in [4.78, 5) is 11.9. The van der Waals surface area contributed by atoms with E-state index in [4.69, 9.17) is 5.73 Å². The van der Waals surface area contributed by atoms with E-state index in [0.29, 0.717) is 18.7 Å². The zero-order chi connectivity index (χ0) is 13.7. The Balaban J connectivity index is 0.00000200. The van der Waals surface area contributed by atoms with Crippen LogP contribution in [0, 0.1) is 0 Å². The molecule has 5 nitrogen and oxygen atoms in total. The molecule has 0 aliphatic rings. The Labute approximate surface area is 124 Å². The fourth-order valence-electron chi connectivity index (χ4n) is 1.70. The number of nitrogens with two attached hydrogens (primary N) is 1. The van der Waals surface area contributed by atoms with Gasteiger partial charge < -0.3 is 11.1 Å². The first-order valence-corrected chi connectivity index (χ1v) is 6.26. The second kappa shape index (κ2) is 7.67. The van der Waals surface area contributed by atoms with Crippen molar-refractivity contribution in [1.82, 2.24) is 15.1 Å². The monoisotopic (exact) mass is 294 g/mol. The number of hydrogen-bond donors (Lipinski definition) is 2. The van der Waals surface area contributed by atoms with E-state index in [2.05, 4.69) is 10.4 Å². The van der Waals surface area contributed by atoms with Gasteiger partial charge in [-0.05, 0) is 12.5 Å². The van der Waals surface area contributed by atoms with Gasteiger partial charge in [-0.15, -0.1) is 12.4 Å². The van der Waals surface area contributed by atoms with Crippen molar-refractivity contribution in [2.45, 2.75) is 19.5 Å². The van der Waals surface area contributed by atoms with E-state index in [1.165, 1.54) is 0 Å². The highest BCUT2D eigenvalue weighted by atomic mass is 35.5. The lowest BCUT2D eigenvalue weighted by Gasteiger charge is -2.09. The molecule has 1 aromatic carbocycles. The van der Waals surface area contributed by atoms with Crippen molar-refractivity contribution in [1.29, 1.82) is 0 Å². The molecule has 0 spiro atoms. The van der Waals surface area contributed by atoms with Gasteiger partial charge in [-0.1, -0.05) is 30.3 Å². The summed E-state index contributed by atoms with van der Waals surface area (Å²) < 4.78 is 1.75. The van der Waals surface area contributed by atoms with E-state index in [1.807, 2.05) is 37.3 Å². The highest BCUT2D eigenvalue weighted by molar-refractivity contribution is 5.93. The maximum atomic E-state index is 11.9. The van der Waals surface area contributed by atoms with E-state index >= 15 is 0 Å². The molecule has 108 valence electrons. The van der Waals surface area contributed by atoms with Crippen LogP contribution in [0.4, 0.5) is 0 Å². The molecule has 1 heterocycles. The number of amides is 1. The van der Waals surface area contributed by atoms with E-state index in [9.17, 15) is 4.79 Å². The van der Waals surface area contributed by atoms with Crippen LogP contribution >= 0.6 is 12.4 Å². The summed E-state index contributed by atoms with van der Waals surface area (Å²) in [6, 6.07) is 9.95. The third-order valence-electron chi connectivity index (χ3n) is 2.81. The van der Waals surface area contributed by atoms with Crippen molar-refractivity contribution < 1.29 is 4.79 Å². The lowest BCUT2D eigenvalue weighted by atomic mass is 10.2. The Morgan fingerprint density at radius 2 is 2.10 bits per heavy atom. The van der Waals surface area contributed by atoms with Gasteiger partial charge in [-0.3, -0.25) is 9.48 Å². The van der Waals surface area contributed by atoms with Crippen LogP contribution in [0.25, 0.3) is 0 Å². The molecule has 20 heavy (non-hydrogen) atoms. The number of nitrogens with one attached hydrogen (secondary N) is 1. The lowest BCUT2D eigenvalue weighted by Crippen LogP contribution is -2.37. The zero-order valence-corrected chi connectivity index (χ0v) is 12.1. The highest BCUT2D eigenvalue weighted by Crippen LogP contribution is 2.04. The van der Waals surface area contributed by atoms with Crippen LogP contribution in [-0.4, -0.2) is 28.3 Å². The number of rotatable bonds is 5. The average molecular weight is 295 g/mol. The lowest BCUT2D eigenvalue weighted by molar-refractivity contribution is 0.0941. The van der Waals surface area contributed by atoms with Gasteiger partial charge in [0.1, 0.15) is 0 Å². The Bertz CT molecular complexity index is 541. The van der Waals surface area contributed by atoms with E-state index < -0.39 is 0 Å². The van der Waals surface area contributed by atoms with Crippen molar-refractivity contribution in [3.8, 4) is 0 Å². The second-order valence-corrected chi connectivity index (χ2v) is 4.52. The molecule has 0 fully saturated rings. The van der Waals surface area contributed by atoms with Crippen molar-refractivity contribution in [3.63, 3.8) is 0 Å². The van der Waals surface area contributed by atoms with Crippen LogP contribution in [0.15, 0.2) is 42.7 Å².